The van der Waals surface area contributed by atoms with Crippen LogP contribution in [0.15, 0.2) is 58.1 Å². The smallest absolute Gasteiger partial charge is 0.271 e. The minimum absolute atomic E-state index is 0.293. The number of aromatic nitrogens is 2. The zero-order valence-electron chi connectivity index (χ0n) is 15.4. The summed E-state index contributed by atoms with van der Waals surface area (Å²) in [5.74, 6) is 0.886. The van der Waals surface area contributed by atoms with Crippen LogP contribution >= 0.6 is 11.3 Å². The average Bonchev–Trinajstić information content (AvgIpc) is 3.25. The number of sulfonamides is 1. The number of likely N-dealkylation sites (N-methyl/N-ethyl adjacent to an activating group) is 1. The molecule has 0 saturated carbocycles. The summed E-state index contributed by atoms with van der Waals surface area (Å²) in [4.78, 5) is 4.53. The van der Waals surface area contributed by atoms with Crippen LogP contribution in [-0.2, 0) is 10.0 Å². The summed E-state index contributed by atoms with van der Waals surface area (Å²) in [5, 5.41) is 10.5. The van der Waals surface area contributed by atoms with Gasteiger partial charge in [-0.25, -0.2) is 8.42 Å². The van der Waals surface area contributed by atoms with Crippen LogP contribution in [0.4, 0.5) is 11.5 Å². The van der Waals surface area contributed by atoms with Crippen molar-refractivity contribution in [1.82, 2.24) is 15.1 Å². The fraction of sp³-hybridized carbons (Fsp3) is 0.263. The molecule has 0 amide bonds. The third-order valence-electron chi connectivity index (χ3n) is 4.67. The molecule has 2 aromatic heterocycles. The van der Waals surface area contributed by atoms with Crippen LogP contribution in [0.2, 0.25) is 0 Å². The highest BCUT2D eigenvalue weighted by atomic mass is 32.2. The quantitative estimate of drug-likeness (QED) is 0.690. The Balaban J connectivity index is 1.45. The molecular weight excluding hydrogens is 394 g/mol. The number of hydrogen-bond acceptors (Lipinski definition) is 7. The van der Waals surface area contributed by atoms with Crippen molar-refractivity contribution in [3.8, 4) is 11.3 Å². The van der Waals surface area contributed by atoms with E-state index in [2.05, 4.69) is 31.8 Å². The number of hydrogen-bond donors (Lipinski definition) is 1. The van der Waals surface area contributed by atoms with Crippen LogP contribution in [0.1, 0.15) is 0 Å². The SMILES string of the molecule is CN1CCN(c2ccc(-c3ccc(NS(=O)(=O)c4cccs4)cc3)nn2)CC1. The number of thiophene rings is 1. The molecule has 0 aliphatic carbocycles. The minimum Gasteiger partial charge on any atom is -0.353 e. The van der Waals surface area contributed by atoms with Crippen molar-refractivity contribution < 1.29 is 8.42 Å². The van der Waals surface area contributed by atoms with Gasteiger partial charge in [-0.3, -0.25) is 4.72 Å². The van der Waals surface area contributed by atoms with E-state index in [0.717, 1.165) is 43.3 Å². The van der Waals surface area contributed by atoms with Gasteiger partial charge in [-0.1, -0.05) is 18.2 Å². The summed E-state index contributed by atoms with van der Waals surface area (Å²) in [6.45, 7) is 3.94. The van der Waals surface area contributed by atoms with Crippen molar-refractivity contribution in [3.63, 3.8) is 0 Å². The molecule has 0 bridgehead atoms. The monoisotopic (exact) mass is 415 g/mol. The van der Waals surface area contributed by atoms with Crippen molar-refractivity contribution in [3.05, 3.63) is 53.9 Å². The van der Waals surface area contributed by atoms with Crippen LogP contribution in [0, 0.1) is 0 Å². The second-order valence-corrected chi connectivity index (χ2v) is 9.54. The van der Waals surface area contributed by atoms with Crippen molar-refractivity contribution in [2.24, 2.45) is 0 Å². The van der Waals surface area contributed by atoms with Gasteiger partial charge in [0.15, 0.2) is 5.82 Å². The molecule has 0 radical (unpaired) electrons. The highest BCUT2D eigenvalue weighted by molar-refractivity contribution is 7.94. The standard InChI is InChI=1S/C19H21N5O2S2/c1-23-10-12-24(13-11-23)18-9-8-17(20-21-18)15-4-6-16(7-5-15)22-28(25,26)19-3-2-14-27-19/h2-9,14,22H,10-13H2,1H3. The first kappa shape index (κ1) is 18.9. The lowest BCUT2D eigenvalue weighted by Gasteiger charge is -2.32. The van der Waals surface area contributed by atoms with Crippen molar-refractivity contribution >= 4 is 32.9 Å². The van der Waals surface area contributed by atoms with Gasteiger partial charge in [-0.15, -0.1) is 21.5 Å². The number of nitrogens with zero attached hydrogens (tertiary/aromatic N) is 4. The third-order valence-corrected chi connectivity index (χ3v) is 7.45. The lowest BCUT2D eigenvalue weighted by molar-refractivity contribution is 0.312. The van der Waals surface area contributed by atoms with Crippen molar-refractivity contribution in [1.29, 1.82) is 0 Å². The number of nitrogens with one attached hydrogen (secondary N) is 1. The van der Waals surface area contributed by atoms with E-state index >= 15 is 0 Å². The minimum atomic E-state index is -3.54. The first-order valence-electron chi connectivity index (χ1n) is 8.95. The second-order valence-electron chi connectivity index (χ2n) is 6.68. The van der Waals surface area contributed by atoms with Gasteiger partial charge < -0.3 is 9.80 Å². The normalized spacial score (nSPS) is 15.5. The topological polar surface area (TPSA) is 78.4 Å². The third kappa shape index (κ3) is 4.16. The van der Waals surface area contributed by atoms with E-state index in [1.165, 1.54) is 11.3 Å². The Morgan fingerprint density at radius 2 is 1.71 bits per heavy atom. The Bertz CT molecular complexity index is 1010. The van der Waals surface area contributed by atoms with Crippen LogP contribution in [0.25, 0.3) is 11.3 Å². The molecular formula is C19H21N5O2S2. The molecule has 28 heavy (non-hydrogen) atoms. The van der Waals surface area contributed by atoms with Gasteiger partial charge in [-0.05, 0) is 42.8 Å². The van der Waals surface area contributed by atoms with Crippen LogP contribution in [-0.4, -0.2) is 56.7 Å². The summed E-state index contributed by atoms with van der Waals surface area (Å²) < 4.78 is 27.5. The fourth-order valence-corrected chi connectivity index (χ4v) is 5.07. The Morgan fingerprint density at radius 3 is 2.32 bits per heavy atom. The molecule has 0 unspecified atom stereocenters. The molecule has 7 nitrogen and oxygen atoms in total. The molecule has 0 atom stereocenters. The molecule has 1 saturated heterocycles. The largest absolute Gasteiger partial charge is 0.353 e. The van der Waals surface area contributed by atoms with Gasteiger partial charge in [0, 0.05) is 37.4 Å². The predicted molar refractivity (Wildman–Crippen MR) is 112 cm³/mol. The Hall–Kier alpha value is -2.49. The Morgan fingerprint density at radius 1 is 0.964 bits per heavy atom. The van der Waals surface area contributed by atoms with Gasteiger partial charge in [-0.2, -0.15) is 0 Å². The molecule has 3 heterocycles. The van der Waals surface area contributed by atoms with Gasteiger partial charge in [0.25, 0.3) is 10.0 Å². The van der Waals surface area contributed by atoms with Crippen molar-refractivity contribution in [2.45, 2.75) is 4.21 Å². The first-order chi connectivity index (χ1) is 13.5. The van der Waals surface area contributed by atoms with Crippen LogP contribution in [0.5, 0.6) is 0 Å². The Labute approximate surface area is 168 Å². The highest BCUT2D eigenvalue weighted by Gasteiger charge is 2.17. The van der Waals surface area contributed by atoms with Gasteiger partial charge in [0.05, 0.1) is 5.69 Å². The molecule has 0 spiro atoms. The van der Waals surface area contributed by atoms with E-state index in [1.54, 1.807) is 29.6 Å². The number of anilines is 2. The lowest BCUT2D eigenvalue weighted by atomic mass is 10.1. The van der Waals surface area contributed by atoms with Gasteiger partial charge in [0.1, 0.15) is 4.21 Å². The molecule has 1 aliphatic heterocycles. The van der Waals surface area contributed by atoms with Gasteiger partial charge >= 0.3 is 0 Å². The average molecular weight is 416 g/mol. The molecule has 3 aromatic rings. The van der Waals surface area contributed by atoms with E-state index < -0.39 is 10.0 Å². The molecule has 9 heteroatoms. The van der Waals surface area contributed by atoms with E-state index in [1.807, 2.05) is 24.3 Å². The van der Waals surface area contributed by atoms with Crippen LogP contribution < -0.4 is 9.62 Å². The number of piperazine rings is 1. The van der Waals surface area contributed by atoms with E-state index in [0.29, 0.717) is 9.90 Å². The maximum atomic E-state index is 12.3. The summed E-state index contributed by atoms with van der Waals surface area (Å²) in [6.07, 6.45) is 0. The molecule has 146 valence electrons. The molecule has 4 rings (SSSR count). The number of rotatable bonds is 5. The fourth-order valence-electron chi connectivity index (χ4n) is 3.01. The summed E-state index contributed by atoms with van der Waals surface area (Å²) in [7, 11) is -1.42. The summed E-state index contributed by atoms with van der Waals surface area (Å²) in [6, 6.07) is 14.4. The molecule has 1 aromatic carbocycles. The number of benzene rings is 1. The maximum absolute atomic E-state index is 12.3. The lowest BCUT2D eigenvalue weighted by Crippen LogP contribution is -2.44. The molecule has 1 aliphatic rings. The summed E-state index contributed by atoms with van der Waals surface area (Å²) in [5.41, 5.74) is 2.15. The maximum Gasteiger partial charge on any atom is 0.271 e. The second kappa shape index (κ2) is 7.86. The highest BCUT2D eigenvalue weighted by Crippen LogP contribution is 2.24. The molecule has 1 fully saturated rings. The van der Waals surface area contributed by atoms with E-state index in [-0.39, 0.29) is 0 Å². The van der Waals surface area contributed by atoms with E-state index in [9.17, 15) is 8.42 Å². The first-order valence-corrected chi connectivity index (χ1v) is 11.3. The van der Waals surface area contributed by atoms with Crippen LogP contribution in [0.3, 0.4) is 0 Å². The summed E-state index contributed by atoms with van der Waals surface area (Å²) >= 11 is 1.19. The predicted octanol–water partition coefficient (Wildman–Crippen LogP) is 2.76. The zero-order valence-corrected chi connectivity index (χ0v) is 17.1. The Kier molecular flexibility index (Phi) is 5.29. The van der Waals surface area contributed by atoms with E-state index in [4.69, 9.17) is 0 Å². The van der Waals surface area contributed by atoms with Crippen molar-refractivity contribution in [2.75, 3.05) is 42.8 Å². The van der Waals surface area contributed by atoms with Gasteiger partial charge in [0.2, 0.25) is 0 Å². The molecule has 1 N–H and O–H groups in total. The zero-order chi connectivity index (χ0) is 19.6.